The fourth-order valence-electron chi connectivity index (χ4n) is 1.41. The van der Waals surface area contributed by atoms with Gasteiger partial charge in [0.1, 0.15) is 0 Å². The number of rotatable bonds is 7. The van der Waals surface area contributed by atoms with E-state index in [1.165, 1.54) is 0 Å². The molecule has 0 fully saturated rings. The van der Waals surface area contributed by atoms with Crippen molar-refractivity contribution in [2.75, 3.05) is 19.7 Å². The highest BCUT2D eigenvalue weighted by Crippen LogP contribution is 2.10. The zero-order valence-corrected chi connectivity index (χ0v) is 11.4. The van der Waals surface area contributed by atoms with Crippen LogP contribution >= 0.6 is 0 Å². The van der Waals surface area contributed by atoms with E-state index in [2.05, 4.69) is 23.4 Å². The number of ether oxygens (including phenoxy) is 1. The lowest BCUT2D eigenvalue weighted by Gasteiger charge is -2.19. The maximum absolute atomic E-state index is 11.9. The third-order valence-electron chi connectivity index (χ3n) is 2.60. The molecule has 0 spiro atoms. The molecule has 0 bridgehead atoms. The Morgan fingerprint density at radius 2 is 1.95 bits per heavy atom. The first-order valence-corrected chi connectivity index (χ1v) is 6.01. The Hall–Kier alpha value is -2.17. The molecule has 1 heterocycles. The van der Waals surface area contributed by atoms with Gasteiger partial charge >= 0.3 is 0 Å². The number of carbonyl (C=O) groups excluding carboxylic acids is 1. The van der Waals surface area contributed by atoms with Crippen LogP contribution in [0.1, 0.15) is 11.3 Å². The number of hydrogen-bond donors (Lipinski definition) is 0. The Kier molecular flexibility index (Phi) is 5.73. The van der Waals surface area contributed by atoms with E-state index in [9.17, 15) is 4.79 Å². The van der Waals surface area contributed by atoms with E-state index in [0.717, 1.165) is 11.3 Å². The monoisotopic (exact) mass is 261 g/mol. The predicted octanol–water partition coefficient (Wildman–Crippen LogP) is 1.67. The molecule has 0 aliphatic heterocycles. The van der Waals surface area contributed by atoms with Crippen LogP contribution in [0, 0.1) is 13.8 Å². The molecular formula is C14H19N3O2. The Morgan fingerprint density at radius 1 is 1.32 bits per heavy atom. The van der Waals surface area contributed by atoms with Gasteiger partial charge in [0, 0.05) is 19.2 Å². The molecule has 1 aromatic rings. The van der Waals surface area contributed by atoms with E-state index in [0.29, 0.717) is 19.0 Å². The van der Waals surface area contributed by atoms with Crippen molar-refractivity contribution in [2.24, 2.45) is 0 Å². The van der Waals surface area contributed by atoms with Crippen molar-refractivity contribution < 1.29 is 9.53 Å². The van der Waals surface area contributed by atoms with Gasteiger partial charge in [0.2, 0.25) is 5.88 Å². The first kappa shape index (κ1) is 14.9. The highest BCUT2D eigenvalue weighted by molar-refractivity contribution is 5.78. The number of amides is 1. The van der Waals surface area contributed by atoms with Gasteiger partial charge in [0.25, 0.3) is 5.91 Å². The molecule has 0 saturated heterocycles. The summed E-state index contributed by atoms with van der Waals surface area (Å²) in [5, 5.41) is 7.82. The van der Waals surface area contributed by atoms with Crippen LogP contribution in [-0.4, -0.2) is 40.7 Å². The molecule has 1 amide bonds. The predicted molar refractivity (Wildman–Crippen MR) is 74.0 cm³/mol. The first-order valence-electron chi connectivity index (χ1n) is 6.01. The minimum absolute atomic E-state index is 0.0706. The normalized spacial score (nSPS) is 9.79. The van der Waals surface area contributed by atoms with Gasteiger partial charge in [0.15, 0.2) is 6.61 Å². The second-order valence-corrected chi connectivity index (χ2v) is 4.12. The van der Waals surface area contributed by atoms with E-state index in [1.807, 2.05) is 13.8 Å². The molecule has 0 unspecified atom stereocenters. The second-order valence-electron chi connectivity index (χ2n) is 4.12. The summed E-state index contributed by atoms with van der Waals surface area (Å²) in [6.07, 6.45) is 3.33. The van der Waals surface area contributed by atoms with Gasteiger partial charge in [-0.2, -0.15) is 5.10 Å². The van der Waals surface area contributed by atoms with Crippen LogP contribution in [0.25, 0.3) is 0 Å². The van der Waals surface area contributed by atoms with Gasteiger partial charge in [-0.05, 0) is 19.4 Å². The molecule has 1 rings (SSSR count). The standard InChI is InChI=1S/C14H19N3O2/c1-5-7-17(8-6-2)14(18)10-19-13-9-11(3)12(4)15-16-13/h5-6,9H,1-2,7-8,10H2,3-4H3. The van der Waals surface area contributed by atoms with E-state index in [-0.39, 0.29) is 12.5 Å². The van der Waals surface area contributed by atoms with E-state index in [4.69, 9.17) is 4.74 Å². The topological polar surface area (TPSA) is 55.3 Å². The number of carbonyl (C=O) groups is 1. The third-order valence-corrected chi connectivity index (χ3v) is 2.60. The van der Waals surface area contributed by atoms with Gasteiger partial charge in [-0.15, -0.1) is 18.3 Å². The Labute approximate surface area is 113 Å². The van der Waals surface area contributed by atoms with Gasteiger partial charge in [-0.1, -0.05) is 12.2 Å². The summed E-state index contributed by atoms with van der Waals surface area (Å²) in [5.74, 6) is 0.216. The van der Waals surface area contributed by atoms with Crippen LogP contribution in [0.3, 0.4) is 0 Å². The molecule has 5 nitrogen and oxygen atoms in total. The number of hydrogen-bond acceptors (Lipinski definition) is 4. The van der Waals surface area contributed by atoms with Crippen molar-refractivity contribution >= 4 is 5.91 Å². The zero-order chi connectivity index (χ0) is 14.3. The van der Waals surface area contributed by atoms with Crippen molar-refractivity contribution in [3.8, 4) is 5.88 Å². The van der Waals surface area contributed by atoms with Gasteiger partial charge in [0.05, 0.1) is 5.69 Å². The van der Waals surface area contributed by atoms with Crippen molar-refractivity contribution in [1.29, 1.82) is 0 Å². The number of aromatic nitrogens is 2. The third kappa shape index (κ3) is 4.54. The molecule has 0 atom stereocenters. The Bertz CT molecular complexity index is 462. The van der Waals surface area contributed by atoms with E-state index < -0.39 is 0 Å². The summed E-state index contributed by atoms with van der Waals surface area (Å²) in [6.45, 7) is 11.9. The summed E-state index contributed by atoms with van der Waals surface area (Å²) in [7, 11) is 0. The fourth-order valence-corrected chi connectivity index (χ4v) is 1.41. The van der Waals surface area contributed by atoms with Crippen LogP contribution in [0.15, 0.2) is 31.4 Å². The average Bonchev–Trinajstić information content (AvgIpc) is 2.39. The van der Waals surface area contributed by atoms with Crippen molar-refractivity contribution in [2.45, 2.75) is 13.8 Å². The van der Waals surface area contributed by atoms with Crippen molar-refractivity contribution in [3.63, 3.8) is 0 Å². The lowest BCUT2D eigenvalue weighted by atomic mass is 10.2. The molecule has 102 valence electrons. The number of aryl methyl sites for hydroxylation is 2. The fraction of sp³-hybridized carbons (Fsp3) is 0.357. The number of nitrogens with zero attached hydrogens (tertiary/aromatic N) is 3. The first-order chi connectivity index (χ1) is 9.08. The van der Waals surface area contributed by atoms with Crippen LogP contribution in [0.2, 0.25) is 0 Å². The highest BCUT2D eigenvalue weighted by atomic mass is 16.5. The smallest absolute Gasteiger partial charge is 0.261 e. The zero-order valence-electron chi connectivity index (χ0n) is 11.4. The molecule has 19 heavy (non-hydrogen) atoms. The molecule has 0 aliphatic carbocycles. The maximum atomic E-state index is 11.9. The van der Waals surface area contributed by atoms with E-state index in [1.54, 1.807) is 23.1 Å². The molecule has 1 aromatic heterocycles. The minimum atomic E-state index is -0.139. The minimum Gasteiger partial charge on any atom is -0.466 e. The molecule has 0 aromatic carbocycles. The Morgan fingerprint density at radius 3 is 2.47 bits per heavy atom. The molecule has 0 radical (unpaired) electrons. The quantitative estimate of drug-likeness (QED) is 0.701. The summed E-state index contributed by atoms with van der Waals surface area (Å²) in [5.41, 5.74) is 1.82. The van der Waals surface area contributed by atoms with Crippen molar-refractivity contribution in [1.82, 2.24) is 15.1 Å². The Balaban J connectivity index is 2.58. The lowest BCUT2D eigenvalue weighted by molar-refractivity contribution is -0.132. The highest BCUT2D eigenvalue weighted by Gasteiger charge is 2.12. The van der Waals surface area contributed by atoms with Gasteiger partial charge in [-0.25, -0.2) is 0 Å². The largest absolute Gasteiger partial charge is 0.466 e. The lowest BCUT2D eigenvalue weighted by Crippen LogP contribution is -2.35. The summed E-state index contributed by atoms with van der Waals surface area (Å²) < 4.78 is 5.34. The van der Waals surface area contributed by atoms with Gasteiger partial charge in [-0.3, -0.25) is 4.79 Å². The molecule has 0 aliphatic rings. The summed E-state index contributed by atoms with van der Waals surface area (Å²) >= 11 is 0. The SMILES string of the molecule is C=CCN(CC=C)C(=O)COc1cc(C)c(C)nn1. The van der Waals surface area contributed by atoms with Crippen LogP contribution in [-0.2, 0) is 4.79 Å². The van der Waals surface area contributed by atoms with E-state index >= 15 is 0 Å². The molecule has 0 saturated carbocycles. The molecular weight excluding hydrogens is 242 g/mol. The van der Waals surface area contributed by atoms with Crippen LogP contribution < -0.4 is 4.74 Å². The van der Waals surface area contributed by atoms with Crippen molar-refractivity contribution in [3.05, 3.63) is 42.6 Å². The van der Waals surface area contributed by atoms with Gasteiger partial charge < -0.3 is 9.64 Å². The maximum Gasteiger partial charge on any atom is 0.261 e. The van der Waals surface area contributed by atoms with Crippen LogP contribution in [0.4, 0.5) is 0 Å². The second kappa shape index (κ2) is 7.31. The molecule has 0 N–H and O–H groups in total. The van der Waals surface area contributed by atoms with Crippen LogP contribution in [0.5, 0.6) is 5.88 Å². The molecule has 5 heteroatoms. The summed E-state index contributed by atoms with van der Waals surface area (Å²) in [6, 6.07) is 1.76. The summed E-state index contributed by atoms with van der Waals surface area (Å²) in [4.78, 5) is 13.5. The average molecular weight is 261 g/mol.